The Morgan fingerprint density at radius 2 is 1.55 bits per heavy atom. The van der Waals surface area contributed by atoms with Gasteiger partial charge in [0.25, 0.3) is 5.91 Å². The molecule has 0 aliphatic heterocycles. The molecule has 0 heterocycles. The van der Waals surface area contributed by atoms with Crippen LogP contribution in [0.1, 0.15) is 27.9 Å². The molecule has 0 unspecified atom stereocenters. The zero-order valence-corrected chi connectivity index (χ0v) is 18.0. The predicted molar refractivity (Wildman–Crippen MR) is 123 cm³/mol. The Morgan fingerprint density at radius 1 is 0.839 bits per heavy atom. The molecule has 31 heavy (non-hydrogen) atoms. The summed E-state index contributed by atoms with van der Waals surface area (Å²) in [6, 6.07) is 24.9. The lowest BCUT2D eigenvalue weighted by Gasteiger charge is -2.13. The standard InChI is InChI=1S/C26H28N2O3/c1-28(2)25(29)16-15-21-11-8-12-22(19-21)27-26(30)23-13-6-7-14-24(23)31-18-17-20-9-4-3-5-10-20/h3-14,19H,15-18H2,1-2H3,(H,27,30). The minimum atomic E-state index is -0.225. The lowest BCUT2D eigenvalue weighted by atomic mass is 10.1. The smallest absolute Gasteiger partial charge is 0.259 e. The van der Waals surface area contributed by atoms with Crippen molar-refractivity contribution >= 4 is 17.5 Å². The van der Waals surface area contributed by atoms with Crippen molar-refractivity contribution < 1.29 is 14.3 Å². The number of amides is 2. The Balaban J connectivity index is 1.61. The quantitative estimate of drug-likeness (QED) is 0.555. The van der Waals surface area contributed by atoms with Crippen molar-refractivity contribution in [3.8, 4) is 5.75 Å². The molecule has 0 aromatic heterocycles. The van der Waals surface area contributed by atoms with Crippen LogP contribution in [0.15, 0.2) is 78.9 Å². The first-order valence-electron chi connectivity index (χ1n) is 10.4. The zero-order valence-electron chi connectivity index (χ0n) is 18.0. The average Bonchev–Trinajstić information content (AvgIpc) is 2.78. The van der Waals surface area contributed by atoms with Gasteiger partial charge in [-0.2, -0.15) is 0 Å². The molecule has 3 rings (SSSR count). The van der Waals surface area contributed by atoms with Gasteiger partial charge >= 0.3 is 0 Å². The molecule has 160 valence electrons. The number of nitrogens with zero attached hydrogens (tertiary/aromatic N) is 1. The summed E-state index contributed by atoms with van der Waals surface area (Å²) < 4.78 is 5.91. The van der Waals surface area contributed by atoms with Crippen molar-refractivity contribution in [2.24, 2.45) is 0 Å². The Hall–Kier alpha value is -3.60. The highest BCUT2D eigenvalue weighted by molar-refractivity contribution is 6.06. The highest BCUT2D eigenvalue weighted by atomic mass is 16.5. The Kier molecular flexibility index (Phi) is 7.82. The van der Waals surface area contributed by atoms with Crippen molar-refractivity contribution in [3.05, 3.63) is 95.6 Å². The van der Waals surface area contributed by atoms with Gasteiger partial charge in [-0.25, -0.2) is 0 Å². The average molecular weight is 417 g/mol. The summed E-state index contributed by atoms with van der Waals surface area (Å²) in [6.07, 6.45) is 1.83. The summed E-state index contributed by atoms with van der Waals surface area (Å²) in [6.45, 7) is 0.490. The number of hydrogen-bond acceptors (Lipinski definition) is 3. The summed E-state index contributed by atoms with van der Waals surface area (Å²) in [7, 11) is 3.50. The van der Waals surface area contributed by atoms with E-state index in [-0.39, 0.29) is 11.8 Å². The number of para-hydroxylation sites is 1. The van der Waals surface area contributed by atoms with Crippen LogP contribution in [0.5, 0.6) is 5.75 Å². The largest absolute Gasteiger partial charge is 0.492 e. The molecule has 0 bridgehead atoms. The number of benzene rings is 3. The van der Waals surface area contributed by atoms with Gasteiger partial charge in [-0.05, 0) is 41.8 Å². The van der Waals surface area contributed by atoms with E-state index in [0.717, 1.165) is 12.0 Å². The minimum Gasteiger partial charge on any atom is -0.492 e. The van der Waals surface area contributed by atoms with E-state index in [9.17, 15) is 9.59 Å². The summed E-state index contributed by atoms with van der Waals surface area (Å²) in [4.78, 5) is 26.3. The van der Waals surface area contributed by atoms with Crippen LogP contribution in [-0.4, -0.2) is 37.4 Å². The number of carbonyl (C=O) groups is 2. The number of nitrogens with one attached hydrogen (secondary N) is 1. The van der Waals surface area contributed by atoms with Crippen LogP contribution in [0.4, 0.5) is 5.69 Å². The molecule has 0 spiro atoms. The first-order valence-corrected chi connectivity index (χ1v) is 10.4. The van der Waals surface area contributed by atoms with Crippen LogP contribution in [0, 0.1) is 0 Å². The van der Waals surface area contributed by atoms with Crippen LogP contribution in [-0.2, 0) is 17.6 Å². The molecule has 0 fully saturated rings. The zero-order chi connectivity index (χ0) is 22.1. The third-order valence-corrected chi connectivity index (χ3v) is 4.93. The molecule has 0 saturated heterocycles. The normalized spacial score (nSPS) is 10.4. The van der Waals surface area contributed by atoms with Crippen molar-refractivity contribution in [2.75, 3.05) is 26.0 Å². The summed E-state index contributed by atoms with van der Waals surface area (Å²) in [5, 5.41) is 2.94. The van der Waals surface area contributed by atoms with Crippen molar-refractivity contribution in [1.82, 2.24) is 4.90 Å². The van der Waals surface area contributed by atoms with Crippen molar-refractivity contribution in [3.63, 3.8) is 0 Å². The van der Waals surface area contributed by atoms with E-state index in [2.05, 4.69) is 17.4 Å². The Bertz CT molecular complexity index is 1020. The number of ether oxygens (including phenoxy) is 1. The van der Waals surface area contributed by atoms with Crippen molar-refractivity contribution in [2.45, 2.75) is 19.3 Å². The van der Waals surface area contributed by atoms with Gasteiger partial charge in [-0.15, -0.1) is 0 Å². The third-order valence-electron chi connectivity index (χ3n) is 4.93. The second kappa shape index (κ2) is 11.0. The van der Waals surface area contributed by atoms with Gasteiger partial charge in [-0.3, -0.25) is 9.59 Å². The van der Waals surface area contributed by atoms with Gasteiger partial charge in [0, 0.05) is 32.6 Å². The van der Waals surface area contributed by atoms with Gasteiger partial charge < -0.3 is 15.0 Å². The van der Waals surface area contributed by atoms with E-state index in [1.54, 1.807) is 25.1 Å². The summed E-state index contributed by atoms with van der Waals surface area (Å²) in [5.41, 5.74) is 3.37. The second-order valence-corrected chi connectivity index (χ2v) is 7.52. The van der Waals surface area contributed by atoms with E-state index >= 15 is 0 Å². The Morgan fingerprint density at radius 3 is 2.32 bits per heavy atom. The van der Waals surface area contributed by atoms with Gasteiger partial charge in [0.05, 0.1) is 12.2 Å². The molecular formula is C26H28N2O3. The first kappa shape index (κ1) is 22.1. The number of carbonyl (C=O) groups excluding carboxylic acids is 2. The number of rotatable bonds is 9. The van der Waals surface area contributed by atoms with E-state index in [1.807, 2.05) is 60.7 Å². The summed E-state index contributed by atoms with van der Waals surface area (Å²) in [5.74, 6) is 0.413. The monoisotopic (exact) mass is 416 g/mol. The van der Waals surface area contributed by atoms with Gasteiger partial charge in [0.2, 0.25) is 5.91 Å². The van der Waals surface area contributed by atoms with Crippen LogP contribution >= 0.6 is 0 Å². The molecule has 3 aromatic rings. The molecule has 0 radical (unpaired) electrons. The highest BCUT2D eigenvalue weighted by Gasteiger charge is 2.13. The van der Waals surface area contributed by atoms with Gasteiger partial charge in [0.15, 0.2) is 0 Å². The fourth-order valence-electron chi connectivity index (χ4n) is 3.18. The second-order valence-electron chi connectivity index (χ2n) is 7.52. The lowest BCUT2D eigenvalue weighted by Crippen LogP contribution is -2.21. The predicted octanol–water partition coefficient (Wildman–Crippen LogP) is 4.58. The third kappa shape index (κ3) is 6.71. The highest BCUT2D eigenvalue weighted by Crippen LogP contribution is 2.21. The van der Waals surface area contributed by atoms with Crippen LogP contribution in [0.2, 0.25) is 0 Å². The lowest BCUT2D eigenvalue weighted by molar-refractivity contribution is -0.128. The molecule has 0 aliphatic rings. The van der Waals surface area contributed by atoms with Crippen LogP contribution in [0.3, 0.4) is 0 Å². The molecule has 3 aromatic carbocycles. The maximum Gasteiger partial charge on any atom is 0.259 e. The van der Waals surface area contributed by atoms with E-state index in [4.69, 9.17) is 4.74 Å². The molecular weight excluding hydrogens is 388 g/mol. The van der Waals surface area contributed by atoms with Gasteiger partial charge in [-0.1, -0.05) is 54.6 Å². The summed E-state index contributed by atoms with van der Waals surface area (Å²) >= 11 is 0. The van der Waals surface area contributed by atoms with Crippen LogP contribution in [0.25, 0.3) is 0 Å². The van der Waals surface area contributed by atoms with E-state index in [1.165, 1.54) is 5.56 Å². The molecule has 0 atom stereocenters. The Labute approximate surface area is 183 Å². The molecule has 0 saturated carbocycles. The number of hydrogen-bond donors (Lipinski definition) is 1. The topological polar surface area (TPSA) is 58.6 Å². The maximum atomic E-state index is 12.9. The minimum absolute atomic E-state index is 0.0796. The van der Waals surface area contributed by atoms with Crippen molar-refractivity contribution in [1.29, 1.82) is 0 Å². The number of aryl methyl sites for hydroxylation is 1. The fourth-order valence-corrected chi connectivity index (χ4v) is 3.18. The first-order chi connectivity index (χ1) is 15.0. The van der Waals surface area contributed by atoms with Crippen LogP contribution < -0.4 is 10.1 Å². The van der Waals surface area contributed by atoms with Gasteiger partial charge in [0.1, 0.15) is 5.75 Å². The maximum absolute atomic E-state index is 12.9. The SMILES string of the molecule is CN(C)C(=O)CCc1cccc(NC(=O)c2ccccc2OCCc2ccccc2)c1. The van der Waals surface area contributed by atoms with E-state index in [0.29, 0.717) is 36.4 Å². The molecule has 0 aliphatic carbocycles. The van der Waals surface area contributed by atoms with E-state index < -0.39 is 0 Å². The fraction of sp³-hybridized carbons (Fsp3) is 0.231. The molecule has 1 N–H and O–H groups in total. The number of anilines is 1. The molecule has 5 heteroatoms. The molecule has 2 amide bonds. The molecule has 5 nitrogen and oxygen atoms in total.